The van der Waals surface area contributed by atoms with E-state index in [1.165, 1.54) is 0 Å². The van der Waals surface area contributed by atoms with Crippen molar-refractivity contribution in [1.29, 1.82) is 0 Å². The fourth-order valence-corrected chi connectivity index (χ4v) is 2.00. The molecule has 19 heavy (non-hydrogen) atoms. The summed E-state index contributed by atoms with van der Waals surface area (Å²) in [6, 6.07) is 18.2. The molecule has 0 fully saturated rings. The van der Waals surface area contributed by atoms with Gasteiger partial charge in [-0.25, -0.2) is 0 Å². The number of carbonyl (C=O) groups is 2. The lowest BCUT2D eigenvalue weighted by atomic mass is 9.92. The molecule has 2 aromatic carbocycles. The Morgan fingerprint density at radius 3 is 1.84 bits per heavy atom. The Morgan fingerprint density at radius 2 is 1.32 bits per heavy atom. The Hall–Kier alpha value is -2.22. The van der Waals surface area contributed by atoms with Gasteiger partial charge < -0.3 is 0 Å². The Bertz CT molecular complexity index is 558. The Labute approximate surface area is 113 Å². The molecular weight excluding hydrogens is 236 g/mol. The second-order valence-electron chi connectivity index (χ2n) is 4.62. The van der Waals surface area contributed by atoms with Crippen molar-refractivity contribution in [2.75, 3.05) is 0 Å². The maximum atomic E-state index is 12.2. The molecule has 2 heteroatoms. The predicted octanol–water partition coefficient (Wildman–Crippen LogP) is 3.78. The minimum Gasteiger partial charge on any atom is -0.294 e. The molecule has 96 valence electrons. The van der Waals surface area contributed by atoms with Crippen LogP contribution in [0.3, 0.4) is 0 Å². The van der Waals surface area contributed by atoms with Gasteiger partial charge in [0.2, 0.25) is 0 Å². The molecule has 2 rings (SSSR count). The van der Waals surface area contributed by atoms with E-state index in [2.05, 4.69) is 0 Å². The van der Waals surface area contributed by atoms with Gasteiger partial charge in [-0.15, -0.1) is 0 Å². The van der Waals surface area contributed by atoms with Crippen LogP contribution in [0.4, 0.5) is 0 Å². The van der Waals surface area contributed by atoms with Gasteiger partial charge in [-0.3, -0.25) is 9.59 Å². The van der Waals surface area contributed by atoms with Gasteiger partial charge in [0.05, 0.1) is 0 Å². The quantitative estimate of drug-likeness (QED) is 0.759. The average Bonchev–Trinajstić information content (AvgIpc) is 2.48. The van der Waals surface area contributed by atoms with Gasteiger partial charge in [0.25, 0.3) is 0 Å². The molecule has 0 spiro atoms. The molecule has 0 radical (unpaired) electrons. The monoisotopic (exact) mass is 252 g/mol. The van der Waals surface area contributed by atoms with E-state index in [9.17, 15) is 9.59 Å². The number of hydrogen-bond acceptors (Lipinski definition) is 2. The normalized spacial score (nSPS) is 11.8. The SMILES string of the molecule is C[C@@H](CC(=O)c1ccccc1)C(=O)c1ccccc1. The van der Waals surface area contributed by atoms with Gasteiger partial charge in [-0.1, -0.05) is 67.6 Å². The number of rotatable bonds is 5. The maximum Gasteiger partial charge on any atom is 0.166 e. The van der Waals surface area contributed by atoms with E-state index >= 15 is 0 Å². The van der Waals surface area contributed by atoms with Crippen LogP contribution < -0.4 is 0 Å². The van der Waals surface area contributed by atoms with Crippen LogP contribution >= 0.6 is 0 Å². The number of ketones is 2. The van der Waals surface area contributed by atoms with Crippen molar-refractivity contribution in [2.45, 2.75) is 13.3 Å². The lowest BCUT2D eigenvalue weighted by Crippen LogP contribution is -2.15. The van der Waals surface area contributed by atoms with Crippen LogP contribution in [-0.2, 0) is 0 Å². The third kappa shape index (κ3) is 3.38. The van der Waals surface area contributed by atoms with Crippen LogP contribution in [0.15, 0.2) is 60.7 Å². The number of Topliss-reactive ketones (excluding diaryl/α,β-unsaturated/α-hetero) is 2. The van der Waals surface area contributed by atoms with Gasteiger partial charge >= 0.3 is 0 Å². The topological polar surface area (TPSA) is 34.1 Å². The standard InChI is InChI=1S/C17H16O2/c1-13(17(19)15-10-6-3-7-11-15)12-16(18)14-8-4-2-5-9-14/h2-11,13H,12H2,1H3/t13-/m0/s1. The largest absolute Gasteiger partial charge is 0.294 e. The first kappa shape index (κ1) is 13.2. The fourth-order valence-electron chi connectivity index (χ4n) is 2.00. The van der Waals surface area contributed by atoms with Gasteiger partial charge in [0.15, 0.2) is 11.6 Å². The average molecular weight is 252 g/mol. The number of hydrogen-bond donors (Lipinski definition) is 0. The van der Waals surface area contributed by atoms with E-state index in [1.54, 1.807) is 31.2 Å². The maximum absolute atomic E-state index is 12.2. The van der Waals surface area contributed by atoms with Crippen LogP contribution in [0.2, 0.25) is 0 Å². The molecule has 0 unspecified atom stereocenters. The van der Waals surface area contributed by atoms with E-state index in [-0.39, 0.29) is 23.9 Å². The summed E-state index contributed by atoms with van der Waals surface area (Å²) in [6.07, 6.45) is 0.248. The van der Waals surface area contributed by atoms with Crippen molar-refractivity contribution in [2.24, 2.45) is 5.92 Å². The second kappa shape index (κ2) is 6.10. The zero-order valence-electron chi connectivity index (χ0n) is 10.9. The summed E-state index contributed by atoms with van der Waals surface area (Å²) in [7, 11) is 0. The van der Waals surface area contributed by atoms with Gasteiger partial charge in [0, 0.05) is 23.5 Å². The molecule has 1 atom stereocenters. The van der Waals surface area contributed by atoms with Crippen LogP contribution in [0.25, 0.3) is 0 Å². The highest BCUT2D eigenvalue weighted by Gasteiger charge is 2.18. The van der Waals surface area contributed by atoms with E-state index in [0.29, 0.717) is 11.1 Å². The van der Waals surface area contributed by atoms with Crippen molar-refractivity contribution in [3.8, 4) is 0 Å². The molecular formula is C17H16O2. The highest BCUT2D eigenvalue weighted by atomic mass is 16.1. The zero-order chi connectivity index (χ0) is 13.7. The molecule has 0 amide bonds. The highest BCUT2D eigenvalue weighted by molar-refractivity contribution is 6.03. The number of benzene rings is 2. The van der Waals surface area contributed by atoms with Crippen LogP contribution in [0.5, 0.6) is 0 Å². The summed E-state index contributed by atoms with van der Waals surface area (Å²) >= 11 is 0. The van der Waals surface area contributed by atoms with E-state index in [4.69, 9.17) is 0 Å². The van der Waals surface area contributed by atoms with Gasteiger partial charge in [0.1, 0.15) is 0 Å². The summed E-state index contributed by atoms with van der Waals surface area (Å²) < 4.78 is 0. The molecule has 0 aromatic heterocycles. The predicted molar refractivity (Wildman–Crippen MR) is 75.3 cm³/mol. The van der Waals surface area contributed by atoms with Crippen LogP contribution in [-0.4, -0.2) is 11.6 Å². The molecule has 0 saturated carbocycles. The van der Waals surface area contributed by atoms with Crippen molar-refractivity contribution in [3.05, 3.63) is 71.8 Å². The highest BCUT2D eigenvalue weighted by Crippen LogP contribution is 2.15. The van der Waals surface area contributed by atoms with Crippen LogP contribution in [0, 0.1) is 5.92 Å². The molecule has 0 aliphatic heterocycles. The van der Waals surface area contributed by atoms with E-state index in [1.807, 2.05) is 36.4 Å². The first-order valence-corrected chi connectivity index (χ1v) is 6.36. The third-order valence-corrected chi connectivity index (χ3v) is 3.09. The third-order valence-electron chi connectivity index (χ3n) is 3.09. The van der Waals surface area contributed by atoms with Crippen molar-refractivity contribution >= 4 is 11.6 Å². The second-order valence-corrected chi connectivity index (χ2v) is 4.62. The van der Waals surface area contributed by atoms with Crippen molar-refractivity contribution in [1.82, 2.24) is 0 Å². The molecule has 0 saturated heterocycles. The lowest BCUT2D eigenvalue weighted by Gasteiger charge is -2.09. The molecule has 0 bridgehead atoms. The van der Waals surface area contributed by atoms with Crippen molar-refractivity contribution in [3.63, 3.8) is 0 Å². The van der Waals surface area contributed by atoms with E-state index < -0.39 is 0 Å². The summed E-state index contributed by atoms with van der Waals surface area (Å²) in [6.45, 7) is 1.80. The van der Waals surface area contributed by atoms with E-state index in [0.717, 1.165) is 0 Å². The Kier molecular flexibility index (Phi) is 4.24. The van der Waals surface area contributed by atoms with Crippen LogP contribution in [0.1, 0.15) is 34.1 Å². The smallest absolute Gasteiger partial charge is 0.166 e. The molecule has 2 nitrogen and oxygen atoms in total. The van der Waals surface area contributed by atoms with Gasteiger partial charge in [-0.2, -0.15) is 0 Å². The molecule has 0 aliphatic carbocycles. The first-order valence-electron chi connectivity index (χ1n) is 6.36. The van der Waals surface area contributed by atoms with Gasteiger partial charge in [-0.05, 0) is 0 Å². The lowest BCUT2D eigenvalue weighted by molar-refractivity contribution is 0.0863. The summed E-state index contributed by atoms with van der Waals surface area (Å²) in [4.78, 5) is 24.2. The summed E-state index contributed by atoms with van der Waals surface area (Å²) in [5, 5.41) is 0. The number of carbonyl (C=O) groups excluding carboxylic acids is 2. The molecule has 0 aliphatic rings. The zero-order valence-corrected chi connectivity index (χ0v) is 10.9. The summed E-state index contributed by atoms with van der Waals surface area (Å²) in [5.41, 5.74) is 1.33. The fraction of sp³-hybridized carbons (Fsp3) is 0.176. The molecule has 0 heterocycles. The Morgan fingerprint density at radius 1 is 0.842 bits per heavy atom. The van der Waals surface area contributed by atoms with Crippen molar-refractivity contribution < 1.29 is 9.59 Å². The molecule has 0 N–H and O–H groups in total. The Balaban J connectivity index is 2.04. The first-order chi connectivity index (χ1) is 9.18. The molecule has 2 aromatic rings. The minimum absolute atomic E-state index is 0.0115. The minimum atomic E-state index is -0.296. The summed E-state index contributed by atoms with van der Waals surface area (Å²) in [5.74, 6) is -0.266.